The van der Waals surface area contributed by atoms with E-state index in [-0.39, 0.29) is 53.7 Å². The first-order chi connectivity index (χ1) is 29.7. The quantitative estimate of drug-likeness (QED) is 0.0891. The molecule has 0 spiro atoms. The molecule has 4 aromatic rings. The zero-order valence-electron chi connectivity index (χ0n) is 34.5. The first-order valence-electron chi connectivity index (χ1n) is 20.3. The molecule has 4 heterocycles. The summed E-state index contributed by atoms with van der Waals surface area (Å²) in [4.78, 5) is 63.6. The third-order valence-electron chi connectivity index (χ3n) is 11.5. The molecular formula is C43H48F4N10O5. The summed E-state index contributed by atoms with van der Waals surface area (Å²) in [6, 6.07) is 14.1. The number of nitrogens with zero attached hydrogens (tertiary/aromatic N) is 5. The van der Waals surface area contributed by atoms with E-state index in [1.165, 1.54) is 32.4 Å². The van der Waals surface area contributed by atoms with Crippen molar-refractivity contribution in [3.05, 3.63) is 88.9 Å². The molecule has 15 nitrogen and oxygen atoms in total. The maximum absolute atomic E-state index is 15.3. The average molecular weight is 861 g/mol. The molecule has 4 amide bonds. The van der Waals surface area contributed by atoms with Gasteiger partial charge in [-0.1, -0.05) is 18.2 Å². The monoisotopic (exact) mass is 860 g/mol. The predicted octanol–water partition coefficient (Wildman–Crippen LogP) is 5.54. The number of amides is 4. The number of ether oxygens (including phenoxy) is 1. The van der Waals surface area contributed by atoms with Gasteiger partial charge in [0.25, 0.3) is 5.91 Å². The van der Waals surface area contributed by atoms with Crippen LogP contribution in [0.2, 0.25) is 0 Å². The van der Waals surface area contributed by atoms with Crippen LogP contribution in [0.4, 0.5) is 52.1 Å². The number of benzene rings is 3. The minimum absolute atomic E-state index is 0.00202. The van der Waals surface area contributed by atoms with Crippen molar-refractivity contribution in [2.45, 2.75) is 50.7 Å². The number of carbonyl (C=O) groups is 4. The van der Waals surface area contributed by atoms with E-state index in [1.54, 1.807) is 30.3 Å². The summed E-state index contributed by atoms with van der Waals surface area (Å²) in [6.07, 6.45) is -2.15. The summed E-state index contributed by atoms with van der Waals surface area (Å²) in [5, 5.41) is 13.5. The smallest absolute Gasteiger partial charge is 0.421 e. The van der Waals surface area contributed by atoms with Crippen LogP contribution < -0.4 is 36.2 Å². The summed E-state index contributed by atoms with van der Waals surface area (Å²) in [6.45, 7) is 5.58. The Kier molecular flexibility index (Phi) is 13.1. The van der Waals surface area contributed by atoms with E-state index in [4.69, 9.17) is 4.74 Å². The molecule has 1 atom stereocenters. The van der Waals surface area contributed by atoms with Crippen LogP contribution in [0, 0.1) is 12.7 Å². The first-order valence-corrected chi connectivity index (χ1v) is 20.3. The number of hydrogen-bond acceptors (Lipinski definition) is 12. The summed E-state index contributed by atoms with van der Waals surface area (Å²) in [5.74, 6) is -1.84. The van der Waals surface area contributed by atoms with Crippen LogP contribution >= 0.6 is 0 Å². The Hall–Kier alpha value is -6.50. The van der Waals surface area contributed by atoms with Crippen molar-refractivity contribution in [2.75, 3.05) is 80.8 Å². The number of anilines is 6. The van der Waals surface area contributed by atoms with Gasteiger partial charge in [-0.25, -0.2) is 9.37 Å². The molecule has 1 unspecified atom stereocenters. The van der Waals surface area contributed by atoms with Crippen LogP contribution in [0.1, 0.15) is 58.6 Å². The van der Waals surface area contributed by atoms with Crippen molar-refractivity contribution >= 4 is 58.1 Å². The third-order valence-corrected chi connectivity index (χ3v) is 11.5. The van der Waals surface area contributed by atoms with Crippen molar-refractivity contribution in [1.82, 2.24) is 30.4 Å². The third kappa shape index (κ3) is 9.99. The highest BCUT2D eigenvalue weighted by Gasteiger charge is 2.36. The molecule has 3 aliphatic heterocycles. The van der Waals surface area contributed by atoms with Gasteiger partial charge in [-0.3, -0.25) is 29.4 Å². The summed E-state index contributed by atoms with van der Waals surface area (Å²) in [7, 11) is 2.90. The second-order valence-corrected chi connectivity index (χ2v) is 15.5. The number of methoxy groups -OCH3 is 1. The topological polar surface area (TPSA) is 173 Å². The van der Waals surface area contributed by atoms with Crippen LogP contribution in [0.5, 0.6) is 5.75 Å². The van der Waals surface area contributed by atoms with Gasteiger partial charge in [0.15, 0.2) is 0 Å². The van der Waals surface area contributed by atoms with Crippen molar-refractivity contribution in [3.8, 4) is 5.75 Å². The molecule has 3 aliphatic rings. The number of para-hydroxylation sites is 1. The SMILES string of the molecule is CNC(=O)c1ccccc1Nc1nc(Nc2cc(C)c(N3CCN(C(=O)CN4CCC(c5ccc(NC6CCC(=O)NC6=O)cc5F)CC4)CC3)cc2OC)ncc1C(F)(F)F. The second kappa shape index (κ2) is 18.6. The number of rotatable bonds is 12. The van der Waals surface area contributed by atoms with Crippen molar-refractivity contribution in [1.29, 1.82) is 0 Å². The Morgan fingerprint density at radius 3 is 2.35 bits per heavy atom. The summed E-state index contributed by atoms with van der Waals surface area (Å²) >= 11 is 0. The van der Waals surface area contributed by atoms with Gasteiger partial charge in [-0.15, -0.1) is 0 Å². The van der Waals surface area contributed by atoms with Crippen LogP contribution in [0.15, 0.2) is 60.8 Å². The van der Waals surface area contributed by atoms with E-state index in [1.807, 2.05) is 17.9 Å². The number of aromatic nitrogens is 2. The molecule has 3 fully saturated rings. The van der Waals surface area contributed by atoms with Gasteiger partial charge in [0.2, 0.25) is 23.7 Å². The number of piperazine rings is 1. The van der Waals surface area contributed by atoms with Crippen LogP contribution in [0.25, 0.3) is 0 Å². The molecule has 7 rings (SSSR count). The standard InChI is InChI=1S/C43H48F4N10O5/c1-25-20-34(52-42-49-23-30(43(45,46)47)39(54-42)51-32-7-5-4-6-29(32)40(60)48-2)36(62-3)22-35(25)56-16-18-57(19-17-56)38(59)24-55-14-12-26(13-15-55)28-9-8-27(21-31(28)44)50-33-10-11-37(58)53-41(33)61/h4-9,20-23,26,33,50H,10-19,24H2,1-3H3,(H,48,60)(H,53,58,61)(H2,49,51,52,54). The number of aryl methyl sites for hydroxylation is 1. The molecule has 19 heteroatoms. The van der Waals surface area contributed by atoms with Gasteiger partial charge in [-0.05, 0) is 86.7 Å². The molecular weight excluding hydrogens is 813 g/mol. The van der Waals surface area contributed by atoms with Gasteiger partial charge in [-0.2, -0.15) is 18.2 Å². The molecule has 5 N–H and O–H groups in total. The zero-order chi connectivity index (χ0) is 44.1. The second-order valence-electron chi connectivity index (χ2n) is 15.5. The molecule has 0 radical (unpaired) electrons. The largest absolute Gasteiger partial charge is 0.494 e. The predicted molar refractivity (Wildman–Crippen MR) is 225 cm³/mol. The fraction of sp³-hybridized carbons (Fsp3) is 0.395. The number of hydrogen-bond donors (Lipinski definition) is 5. The number of halogens is 4. The minimum Gasteiger partial charge on any atom is -0.494 e. The maximum atomic E-state index is 15.3. The molecule has 0 bridgehead atoms. The fourth-order valence-corrected chi connectivity index (χ4v) is 8.07. The van der Waals surface area contributed by atoms with Gasteiger partial charge >= 0.3 is 6.18 Å². The highest BCUT2D eigenvalue weighted by Crippen LogP contribution is 2.39. The Balaban J connectivity index is 0.931. The Morgan fingerprint density at radius 2 is 1.68 bits per heavy atom. The fourth-order valence-electron chi connectivity index (χ4n) is 8.07. The lowest BCUT2D eigenvalue weighted by Gasteiger charge is -2.38. The molecule has 3 saturated heterocycles. The van der Waals surface area contributed by atoms with E-state index in [9.17, 15) is 32.3 Å². The van der Waals surface area contributed by atoms with Gasteiger partial charge < -0.3 is 35.8 Å². The van der Waals surface area contributed by atoms with Crippen molar-refractivity contribution in [2.24, 2.45) is 0 Å². The zero-order valence-corrected chi connectivity index (χ0v) is 34.5. The number of carbonyl (C=O) groups excluding carboxylic acids is 4. The number of alkyl halides is 3. The molecule has 1 aromatic heterocycles. The first kappa shape index (κ1) is 43.6. The van der Waals surface area contributed by atoms with Crippen LogP contribution in [0.3, 0.4) is 0 Å². The number of piperidine rings is 2. The van der Waals surface area contributed by atoms with E-state index < -0.39 is 35.4 Å². The van der Waals surface area contributed by atoms with E-state index >= 15 is 4.39 Å². The number of likely N-dealkylation sites (tertiary alicyclic amines) is 1. The van der Waals surface area contributed by atoms with Gasteiger partial charge in [0, 0.05) is 63.3 Å². The lowest BCUT2D eigenvalue weighted by Crippen LogP contribution is -2.52. The van der Waals surface area contributed by atoms with Gasteiger partial charge in [0.05, 0.1) is 30.6 Å². The minimum atomic E-state index is -4.79. The van der Waals surface area contributed by atoms with E-state index in [0.717, 1.165) is 11.3 Å². The molecule has 328 valence electrons. The number of nitrogens with one attached hydrogen (secondary N) is 5. The average Bonchev–Trinajstić information content (AvgIpc) is 3.25. The molecule has 3 aromatic carbocycles. The Morgan fingerprint density at radius 1 is 0.935 bits per heavy atom. The molecule has 0 saturated carbocycles. The molecule has 0 aliphatic carbocycles. The van der Waals surface area contributed by atoms with Crippen molar-refractivity contribution in [3.63, 3.8) is 0 Å². The Bertz CT molecular complexity index is 2330. The summed E-state index contributed by atoms with van der Waals surface area (Å²) < 4.78 is 63.1. The van der Waals surface area contributed by atoms with E-state index in [2.05, 4.69) is 46.4 Å². The van der Waals surface area contributed by atoms with Crippen molar-refractivity contribution < 1.29 is 41.5 Å². The summed E-state index contributed by atoms with van der Waals surface area (Å²) in [5.41, 5.74) is 2.36. The number of imide groups is 1. The van der Waals surface area contributed by atoms with Gasteiger partial charge in [0.1, 0.15) is 29.0 Å². The van der Waals surface area contributed by atoms with Crippen LogP contribution in [-0.2, 0) is 20.6 Å². The highest BCUT2D eigenvalue weighted by molar-refractivity contribution is 6.01. The normalized spacial score (nSPS) is 17.6. The lowest BCUT2D eigenvalue weighted by atomic mass is 9.89. The van der Waals surface area contributed by atoms with E-state index in [0.29, 0.717) is 87.4 Å². The molecule has 62 heavy (non-hydrogen) atoms. The lowest BCUT2D eigenvalue weighted by molar-refractivity contribution is -0.137. The maximum Gasteiger partial charge on any atom is 0.421 e. The highest BCUT2D eigenvalue weighted by atomic mass is 19.4. The Labute approximate surface area is 355 Å². The van der Waals surface area contributed by atoms with Crippen LogP contribution in [-0.4, -0.2) is 109 Å².